The molecule has 3 N–H and O–H groups in total. The first-order chi connectivity index (χ1) is 8.09. The van der Waals surface area contributed by atoms with Gasteiger partial charge < -0.3 is 15.7 Å². The first-order valence-corrected chi connectivity index (χ1v) is 7.14. The third kappa shape index (κ3) is 5.36. The van der Waals surface area contributed by atoms with Crippen molar-refractivity contribution in [3.05, 3.63) is 0 Å². The number of nitrogens with two attached hydrogens (primary N) is 1. The fraction of sp³-hybridized carbons (Fsp3) is 1.00. The number of aliphatic hydroxyl groups excluding tert-OH is 1. The quantitative estimate of drug-likeness (QED) is 0.650. The fourth-order valence-electron chi connectivity index (χ4n) is 2.37. The highest BCUT2D eigenvalue weighted by atomic mass is 16.3. The van der Waals surface area contributed by atoms with E-state index in [1.54, 1.807) is 0 Å². The molecule has 0 heterocycles. The molecule has 1 fully saturated rings. The highest BCUT2D eigenvalue weighted by molar-refractivity contribution is 4.80. The van der Waals surface area contributed by atoms with Crippen LogP contribution in [0.5, 0.6) is 0 Å². The Bertz CT molecular complexity index is 202. The Hall–Kier alpha value is -0.120. The number of hydrogen-bond acceptors (Lipinski definition) is 3. The van der Waals surface area contributed by atoms with Crippen LogP contribution in [0.1, 0.15) is 52.4 Å². The highest BCUT2D eigenvalue weighted by Crippen LogP contribution is 2.26. The van der Waals surface area contributed by atoms with E-state index in [4.69, 9.17) is 10.8 Å². The predicted octanol–water partition coefficient (Wildman–Crippen LogP) is 1.99. The molecule has 0 aliphatic heterocycles. The van der Waals surface area contributed by atoms with Gasteiger partial charge in [0.25, 0.3) is 0 Å². The number of aliphatic hydroxyl groups is 1. The van der Waals surface area contributed by atoms with E-state index in [9.17, 15) is 0 Å². The lowest BCUT2D eigenvalue weighted by Gasteiger charge is -2.38. The van der Waals surface area contributed by atoms with E-state index in [1.807, 2.05) is 0 Å². The Morgan fingerprint density at radius 1 is 1.24 bits per heavy atom. The van der Waals surface area contributed by atoms with Crippen LogP contribution in [-0.2, 0) is 0 Å². The summed E-state index contributed by atoms with van der Waals surface area (Å²) in [4.78, 5) is 2.58. The van der Waals surface area contributed by atoms with Crippen molar-refractivity contribution in [1.29, 1.82) is 0 Å². The maximum absolute atomic E-state index is 8.94. The van der Waals surface area contributed by atoms with E-state index in [0.717, 1.165) is 25.6 Å². The monoisotopic (exact) mass is 242 g/mol. The van der Waals surface area contributed by atoms with Crippen molar-refractivity contribution in [2.75, 3.05) is 26.2 Å². The van der Waals surface area contributed by atoms with Gasteiger partial charge in [-0.15, -0.1) is 0 Å². The van der Waals surface area contributed by atoms with E-state index in [-0.39, 0.29) is 5.41 Å². The molecule has 0 aromatic rings. The van der Waals surface area contributed by atoms with Crippen molar-refractivity contribution in [3.8, 4) is 0 Å². The lowest BCUT2D eigenvalue weighted by atomic mass is 9.87. The van der Waals surface area contributed by atoms with Crippen molar-refractivity contribution in [2.45, 2.75) is 58.4 Å². The SMILES string of the molecule is CC(C)(CN)CCCN(CCCO)C1CCC1. The molecule has 0 unspecified atom stereocenters. The van der Waals surface area contributed by atoms with Crippen LogP contribution < -0.4 is 5.73 Å². The van der Waals surface area contributed by atoms with Gasteiger partial charge in [-0.2, -0.15) is 0 Å². The Morgan fingerprint density at radius 2 is 1.88 bits per heavy atom. The van der Waals surface area contributed by atoms with Crippen LogP contribution in [0.4, 0.5) is 0 Å². The normalized spacial score (nSPS) is 17.5. The summed E-state index contributed by atoms with van der Waals surface area (Å²) >= 11 is 0. The topological polar surface area (TPSA) is 49.5 Å². The minimum atomic E-state index is 0.280. The van der Waals surface area contributed by atoms with Gasteiger partial charge >= 0.3 is 0 Å². The van der Waals surface area contributed by atoms with E-state index >= 15 is 0 Å². The van der Waals surface area contributed by atoms with Gasteiger partial charge in [0.1, 0.15) is 0 Å². The summed E-state index contributed by atoms with van der Waals surface area (Å²) in [6.45, 7) is 7.81. The molecule has 0 atom stereocenters. The largest absolute Gasteiger partial charge is 0.396 e. The molecule has 3 nitrogen and oxygen atoms in total. The van der Waals surface area contributed by atoms with Gasteiger partial charge in [0.15, 0.2) is 0 Å². The molecule has 0 aromatic carbocycles. The molecule has 0 aromatic heterocycles. The summed E-state index contributed by atoms with van der Waals surface area (Å²) < 4.78 is 0. The molecule has 1 aliphatic rings. The summed E-state index contributed by atoms with van der Waals surface area (Å²) in [5.41, 5.74) is 6.03. The van der Waals surface area contributed by atoms with Gasteiger partial charge in [-0.25, -0.2) is 0 Å². The zero-order valence-electron chi connectivity index (χ0n) is 11.6. The van der Waals surface area contributed by atoms with Crippen LogP contribution in [0.15, 0.2) is 0 Å². The van der Waals surface area contributed by atoms with Crippen molar-refractivity contribution in [2.24, 2.45) is 11.1 Å². The third-order valence-electron chi connectivity index (χ3n) is 4.05. The average molecular weight is 242 g/mol. The van der Waals surface area contributed by atoms with Crippen LogP contribution in [0.25, 0.3) is 0 Å². The van der Waals surface area contributed by atoms with E-state index in [1.165, 1.54) is 38.6 Å². The van der Waals surface area contributed by atoms with Crippen molar-refractivity contribution < 1.29 is 5.11 Å². The van der Waals surface area contributed by atoms with Gasteiger partial charge in [-0.1, -0.05) is 20.3 Å². The van der Waals surface area contributed by atoms with Gasteiger partial charge in [0, 0.05) is 19.2 Å². The Morgan fingerprint density at radius 3 is 2.35 bits per heavy atom. The molecule has 1 saturated carbocycles. The molecular weight excluding hydrogens is 212 g/mol. The second-order valence-corrected chi connectivity index (χ2v) is 6.17. The van der Waals surface area contributed by atoms with Gasteiger partial charge in [-0.05, 0) is 50.6 Å². The maximum Gasteiger partial charge on any atom is 0.0443 e. The van der Waals surface area contributed by atoms with Crippen LogP contribution in [0.2, 0.25) is 0 Å². The molecule has 1 aliphatic carbocycles. The predicted molar refractivity (Wildman–Crippen MR) is 73.0 cm³/mol. The molecule has 0 amide bonds. The Kier molecular flexibility index (Phi) is 6.45. The number of nitrogens with zero attached hydrogens (tertiary/aromatic N) is 1. The minimum Gasteiger partial charge on any atom is -0.396 e. The molecular formula is C14H30N2O. The maximum atomic E-state index is 8.94. The van der Waals surface area contributed by atoms with Gasteiger partial charge in [-0.3, -0.25) is 0 Å². The van der Waals surface area contributed by atoms with Gasteiger partial charge in [0.2, 0.25) is 0 Å². The zero-order valence-corrected chi connectivity index (χ0v) is 11.6. The Labute approximate surface area is 106 Å². The number of rotatable bonds is 9. The summed E-state index contributed by atoms with van der Waals surface area (Å²) in [6, 6.07) is 0.794. The first kappa shape index (κ1) is 14.9. The average Bonchev–Trinajstić information content (AvgIpc) is 2.23. The molecule has 0 spiro atoms. The number of hydrogen-bond donors (Lipinski definition) is 2. The summed E-state index contributed by atoms with van der Waals surface area (Å²) in [5.74, 6) is 0. The van der Waals surface area contributed by atoms with Crippen LogP contribution in [0.3, 0.4) is 0 Å². The minimum absolute atomic E-state index is 0.280. The molecule has 3 heteroatoms. The smallest absolute Gasteiger partial charge is 0.0443 e. The standard InChI is InChI=1S/C14H30N2O/c1-14(2,12-15)8-4-9-16(10-5-11-17)13-6-3-7-13/h13,17H,3-12,15H2,1-2H3. The lowest BCUT2D eigenvalue weighted by molar-refractivity contribution is 0.110. The van der Waals surface area contributed by atoms with Crippen LogP contribution in [0, 0.1) is 5.41 Å². The fourth-order valence-corrected chi connectivity index (χ4v) is 2.37. The summed E-state index contributed by atoms with van der Waals surface area (Å²) in [7, 11) is 0. The molecule has 102 valence electrons. The van der Waals surface area contributed by atoms with Crippen LogP contribution >= 0.6 is 0 Å². The van der Waals surface area contributed by atoms with Gasteiger partial charge in [0.05, 0.1) is 0 Å². The molecule has 0 bridgehead atoms. The van der Waals surface area contributed by atoms with E-state index in [2.05, 4.69) is 18.7 Å². The van der Waals surface area contributed by atoms with E-state index in [0.29, 0.717) is 6.61 Å². The van der Waals surface area contributed by atoms with Crippen molar-refractivity contribution in [1.82, 2.24) is 4.90 Å². The molecule has 1 rings (SSSR count). The Balaban J connectivity index is 2.23. The second kappa shape index (κ2) is 7.34. The third-order valence-corrected chi connectivity index (χ3v) is 4.05. The lowest BCUT2D eigenvalue weighted by Crippen LogP contribution is -2.41. The van der Waals surface area contributed by atoms with Crippen molar-refractivity contribution >= 4 is 0 Å². The van der Waals surface area contributed by atoms with E-state index < -0.39 is 0 Å². The van der Waals surface area contributed by atoms with Crippen LogP contribution in [-0.4, -0.2) is 42.3 Å². The highest BCUT2D eigenvalue weighted by Gasteiger charge is 2.24. The summed E-state index contributed by atoms with van der Waals surface area (Å²) in [6.07, 6.45) is 7.43. The zero-order chi connectivity index (χ0) is 12.7. The first-order valence-electron chi connectivity index (χ1n) is 7.14. The van der Waals surface area contributed by atoms with Crippen molar-refractivity contribution in [3.63, 3.8) is 0 Å². The molecule has 17 heavy (non-hydrogen) atoms. The summed E-state index contributed by atoms with van der Waals surface area (Å²) in [5, 5.41) is 8.94. The second-order valence-electron chi connectivity index (χ2n) is 6.17. The molecule has 0 radical (unpaired) electrons. The molecule has 0 saturated heterocycles.